The number of aromatic nitrogens is 3. The highest BCUT2D eigenvalue weighted by Gasteiger charge is 2.15. The van der Waals surface area contributed by atoms with Gasteiger partial charge in [0.2, 0.25) is 12.7 Å². The molecule has 1 aromatic heterocycles. The zero-order chi connectivity index (χ0) is 19.5. The van der Waals surface area contributed by atoms with Crippen molar-refractivity contribution in [1.82, 2.24) is 19.7 Å². The largest absolute Gasteiger partial charge is 0.454 e. The van der Waals surface area contributed by atoms with Crippen LogP contribution in [-0.4, -0.2) is 46.0 Å². The van der Waals surface area contributed by atoms with E-state index in [-0.39, 0.29) is 19.2 Å². The lowest BCUT2D eigenvalue weighted by Gasteiger charge is -2.17. The van der Waals surface area contributed by atoms with Gasteiger partial charge in [-0.3, -0.25) is 9.69 Å². The van der Waals surface area contributed by atoms with Gasteiger partial charge in [0.15, 0.2) is 11.5 Å². The zero-order valence-electron chi connectivity index (χ0n) is 15.1. The number of anilines is 1. The SMILES string of the molecule is CN(CC(=O)Nc1cc(Cl)ccc1-n1cncn1)Cc1ccc2c(c1)OCO2. The minimum atomic E-state index is -0.160. The molecule has 0 aliphatic carbocycles. The van der Waals surface area contributed by atoms with Gasteiger partial charge in [-0.2, -0.15) is 5.10 Å². The average molecular weight is 400 g/mol. The van der Waals surface area contributed by atoms with Crippen LogP contribution in [0.15, 0.2) is 49.1 Å². The summed E-state index contributed by atoms with van der Waals surface area (Å²) in [5, 5.41) is 7.53. The number of amides is 1. The van der Waals surface area contributed by atoms with Gasteiger partial charge in [0.05, 0.1) is 17.9 Å². The lowest BCUT2D eigenvalue weighted by Crippen LogP contribution is -2.30. The standard InChI is InChI=1S/C19H18ClN5O3/c1-24(8-13-2-5-17-18(6-13)28-12-27-17)9-19(26)23-15-7-14(20)3-4-16(15)25-11-21-10-22-25/h2-7,10-11H,8-9,12H2,1H3,(H,23,26). The van der Waals surface area contributed by atoms with Crippen LogP contribution in [0.5, 0.6) is 11.5 Å². The van der Waals surface area contributed by atoms with Gasteiger partial charge in [-0.15, -0.1) is 0 Å². The van der Waals surface area contributed by atoms with E-state index in [9.17, 15) is 4.79 Å². The summed E-state index contributed by atoms with van der Waals surface area (Å²) in [5.74, 6) is 1.31. The maximum absolute atomic E-state index is 12.5. The summed E-state index contributed by atoms with van der Waals surface area (Å²) in [7, 11) is 1.88. The molecular weight excluding hydrogens is 382 g/mol. The maximum atomic E-state index is 12.5. The second kappa shape index (κ2) is 7.87. The number of hydrogen-bond acceptors (Lipinski definition) is 6. The third-order valence-corrected chi connectivity index (χ3v) is 4.44. The molecule has 0 radical (unpaired) electrons. The molecule has 2 aromatic carbocycles. The zero-order valence-corrected chi connectivity index (χ0v) is 15.9. The number of nitrogens with zero attached hydrogens (tertiary/aromatic N) is 4. The molecule has 2 heterocycles. The molecule has 28 heavy (non-hydrogen) atoms. The van der Waals surface area contributed by atoms with Gasteiger partial charge < -0.3 is 14.8 Å². The summed E-state index contributed by atoms with van der Waals surface area (Å²) >= 11 is 6.09. The number of carbonyl (C=O) groups is 1. The van der Waals surface area contributed by atoms with Crippen LogP contribution in [0.4, 0.5) is 5.69 Å². The summed E-state index contributed by atoms with van der Waals surface area (Å²) in [6.07, 6.45) is 2.99. The number of hydrogen-bond donors (Lipinski definition) is 1. The van der Waals surface area contributed by atoms with E-state index in [1.165, 1.54) is 6.33 Å². The fraction of sp³-hybridized carbons (Fsp3) is 0.211. The Hall–Kier alpha value is -3.10. The molecule has 8 nitrogen and oxygen atoms in total. The Balaban J connectivity index is 1.41. The number of rotatable bonds is 6. The summed E-state index contributed by atoms with van der Waals surface area (Å²) in [6.45, 7) is 1.04. The van der Waals surface area contributed by atoms with Crippen LogP contribution in [-0.2, 0) is 11.3 Å². The highest BCUT2D eigenvalue weighted by molar-refractivity contribution is 6.31. The third kappa shape index (κ3) is 4.08. The van der Waals surface area contributed by atoms with Crippen molar-refractivity contribution in [2.24, 2.45) is 0 Å². The predicted octanol–water partition coefficient (Wildman–Crippen LogP) is 2.72. The van der Waals surface area contributed by atoms with E-state index in [1.807, 2.05) is 30.1 Å². The quantitative estimate of drug-likeness (QED) is 0.686. The van der Waals surface area contributed by atoms with Crippen molar-refractivity contribution in [3.8, 4) is 17.2 Å². The molecule has 0 fully saturated rings. The van der Waals surface area contributed by atoms with Crippen LogP contribution in [0.1, 0.15) is 5.56 Å². The first kappa shape index (κ1) is 18.3. The van der Waals surface area contributed by atoms with Gasteiger partial charge in [-0.25, -0.2) is 9.67 Å². The van der Waals surface area contributed by atoms with E-state index in [4.69, 9.17) is 21.1 Å². The van der Waals surface area contributed by atoms with Crippen molar-refractivity contribution in [2.45, 2.75) is 6.54 Å². The number of halogens is 1. The Morgan fingerprint density at radius 1 is 1.25 bits per heavy atom. The van der Waals surface area contributed by atoms with E-state index in [2.05, 4.69) is 15.4 Å². The van der Waals surface area contributed by atoms with Crippen LogP contribution in [0, 0.1) is 0 Å². The van der Waals surface area contributed by atoms with Gasteiger partial charge in [0.25, 0.3) is 0 Å². The Morgan fingerprint density at radius 2 is 2.11 bits per heavy atom. The van der Waals surface area contributed by atoms with E-state index in [0.29, 0.717) is 22.9 Å². The molecule has 0 saturated heterocycles. The number of ether oxygens (including phenoxy) is 2. The van der Waals surface area contributed by atoms with E-state index in [0.717, 1.165) is 17.1 Å². The Bertz CT molecular complexity index is 993. The Kier molecular flexibility index (Phi) is 5.14. The Morgan fingerprint density at radius 3 is 2.93 bits per heavy atom. The van der Waals surface area contributed by atoms with Crippen LogP contribution in [0.25, 0.3) is 5.69 Å². The summed E-state index contributed by atoms with van der Waals surface area (Å²) < 4.78 is 12.3. The van der Waals surface area contributed by atoms with Crippen molar-refractivity contribution in [1.29, 1.82) is 0 Å². The molecule has 4 rings (SSSR count). The minimum absolute atomic E-state index is 0.160. The summed E-state index contributed by atoms with van der Waals surface area (Å²) in [5.41, 5.74) is 2.29. The van der Waals surface area contributed by atoms with Gasteiger partial charge >= 0.3 is 0 Å². The smallest absolute Gasteiger partial charge is 0.238 e. The molecule has 1 amide bonds. The molecule has 0 atom stereocenters. The molecule has 1 aliphatic rings. The predicted molar refractivity (Wildman–Crippen MR) is 104 cm³/mol. The lowest BCUT2D eigenvalue weighted by molar-refractivity contribution is -0.117. The van der Waals surface area contributed by atoms with Gasteiger partial charge in [-0.1, -0.05) is 17.7 Å². The second-order valence-corrected chi connectivity index (χ2v) is 6.85. The van der Waals surface area contributed by atoms with Gasteiger partial charge in [0, 0.05) is 11.6 Å². The van der Waals surface area contributed by atoms with Crippen molar-refractivity contribution in [3.05, 3.63) is 59.6 Å². The number of carbonyl (C=O) groups excluding carboxylic acids is 1. The first-order chi connectivity index (χ1) is 13.6. The van der Waals surface area contributed by atoms with Crippen molar-refractivity contribution >= 4 is 23.2 Å². The number of benzene rings is 2. The first-order valence-electron chi connectivity index (χ1n) is 8.60. The van der Waals surface area contributed by atoms with E-state index < -0.39 is 0 Å². The molecule has 144 valence electrons. The average Bonchev–Trinajstić information content (AvgIpc) is 3.32. The highest BCUT2D eigenvalue weighted by atomic mass is 35.5. The molecule has 0 unspecified atom stereocenters. The third-order valence-electron chi connectivity index (χ3n) is 4.20. The van der Waals surface area contributed by atoms with Crippen molar-refractivity contribution in [2.75, 3.05) is 25.7 Å². The number of likely N-dealkylation sites (N-methyl/N-ethyl adjacent to an activating group) is 1. The summed E-state index contributed by atoms with van der Waals surface area (Å²) in [4.78, 5) is 18.4. The molecule has 9 heteroatoms. The normalized spacial score (nSPS) is 12.4. The molecule has 1 N–H and O–H groups in total. The Labute approximate surface area is 166 Å². The number of nitrogens with one attached hydrogen (secondary N) is 1. The second-order valence-electron chi connectivity index (χ2n) is 6.41. The van der Waals surface area contributed by atoms with E-state index in [1.54, 1.807) is 29.2 Å². The topological polar surface area (TPSA) is 81.5 Å². The van der Waals surface area contributed by atoms with Crippen LogP contribution in [0.3, 0.4) is 0 Å². The molecule has 3 aromatic rings. The molecule has 0 bridgehead atoms. The summed E-state index contributed by atoms with van der Waals surface area (Å²) in [6, 6.07) is 11.0. The van der Waals surface area contributed by atoms with Gasteiger partial charge in [-0.05, 0) is 42.9 Å². The number of fused-ring (bicyclic) bond motifs is 1. The maximum Gasteiger partial charge on any atom is 0.238 e. The molecule has 0 saturated carbocycles. The van der Waals surface area contributed by atoms with Crippen LogP contribution < -0.4 is 14.8 Å². The monoisotopic (exact) mass is 399 g/mol. The van der Waals surface area contributed by atoms with Crippen molar-refractivity contribution in [3.63, 3.8) is 0 Å². The molecule has 1 aliphatic heterocycles. The van der Waals surface area contributed by atoms with Gasteiger partial charge in [0.1, 0.15) is 12.7 Å². The van der Waals surface area contributed by atoms with Crippen LogP contribution >= 0.6 is 11.6 Å². The van der Waals surface area contributed by atoms with E-state index >= 15 is 0 Å². The highest BCUT2D eigenvalue weighted by Crippen LogP contribution is 2.32. The lowest BCUT2D eigenvalue weighted by atomic mass is 10.2. The van der Waals surface area contributed by atoms with Crippen LogP contribution in [0.2, 0.25) is 5.02 Å². The minimum Gasteiger partial charge on any atom is -0.454 e. The van der Waals surface area contributed by atoms with Crippen molar-refractivity contribution < 1.29 is 14.3 Å². The first-order valence-corrected chi connectivity index (χ1v) is 8.98. The fourth-order valence-electron chi connectivity index (χ4n) is 2.98. The fourth-order valence-corrected chi connectivity index (χ4v) is 3.15. The molecule has 0 spiro atoms. The molecular formula is C19H18ClN5O3.